The second kappa shape index (κ2) is 8.46. The lowest BCUT2D eigenvalue weighted by atomic mass is 10.1. The van der Waals surface area contributed by atoms with Gasteiger partial charge in [-0.1, -0.05) is 19.1 Å². The number of aryl methyl sites for hydroxylation is 1. The number of thiophene rings is 1. The maximum Gasteiger partial charge on any atom is 0.313 e. The lowest BCUT2D eigenvalue weighted by Crippen LogP contribution is -2.34. The fourth-order valence-corrected chi connectivity index (χ4v) is 3.28. The number of amides is 2. The molecule has 0 saturated heterocycles. The van der Waals surface area contributed by atoms with Gasteiger partial charge in [0.05, 0.1) is 17.7 Å². The molecule has 3 aromatic rings. The molecule has 2 amide bonds. The van der Waals surface area contributed by atoms with E-state index in [1.807, 2.05) is 19.1 Å². The highest BCUT2D eigenvalue weighted by Gasteiger charge is 2.16. The maximum absolute atomic E-state index is 12.2. The Morgan fingerprint density at radius 3 is 2.44 bits per heavy atom. The highest BCUT2D eigenvalue weighted by molar-refractivity contribution is 7.14. The number of carbonyl (C=O) groups excluding carboxylic acids is 3. The zero-order valence-electron chi connectivity index (χ0n) is 14.7. The summed E-state index contributed by atoms with van der Waals surface area (Å²) in [5.41, 5.74) is 1.71. The van der Waals surface area contributed by atoms with E-state index in [2.05, 4.69) is 10.6 Å². The van der Waals surface area contributed by atoms with E-state index in [1.165, 1.54) is 17.6 Å². The first-order valence-corrected chi connectivity index (χ1v) is 9.23. The molecule has 0 fully saturated rings. The summed E-state index contributed by atoms with van der Waals surface area (Å²) in [6.07, 6.45) is 2.34. The van der Waals surface area contributed by atoms with E-state index < -0.39 is 11.8 Å². The zero-order chi connectivity index (χ0) is 19.2. The number of anilines is 1. The van der Waals surface area contributed by atoms with Crippen LogP contribution in [0.1, 0.15) is 32.8 Å². The number of hydrogen-bond donors (Lipinski definition) is 2. The lowest BCUT2D eigenvalue weighted by molar-refractivity contribution is -0.136. The van der Waals surface area contributed by atoms with Gasteiger partial charge in [-0.2, -0.15) is 0 Å². The summed E-state index contributed by atoms with van der Waals surface area (Å²) in [6, 6.07) is 14.0. The predicted octanol–water partition coefficient (Wildman–Crippen LogP) is 3.39. The van der Waals surface area contributed by atoms with Crippen LogP contribution in [0.3, 0.4) is 0 Å². The number of benzene rings is 1. The molecular weight excluding hydrogens is 364 g/mol. The van der Waals surface area contributed by atoms with Crippen molar-refractivity contribution < 1.29 is 18.8 Å². The molecule has 0 unspecified atom stereocenters. The first-order chi connectivity index (χ1) is 13.1. The average molecular weight is 382 g/mol. The van der Waals surface area contributed by atoms with E-state index in [0.29, 0.717) is 10.6 Å². The molecule has 2 N–H and O–H groups in total. The summed E-state index contributed by atoms with van der Waals surface area (Å²) in [7, 11) is 0. The number of carbonyl (C=O) groups is 3. The van der Waals surface area contributed by atoms with Gasteiger partial charge in [-0.25, -0.2) is 0 Å². The van der Waals surface area contributed by atoms with Crippen molar-refractivity contribution >= 4 is 34.6 Å². The predicted molar refractivity (Wildman–Crippen MR) is 103 cm³/mol. The SMILES string of the molecule is CCc1ccc(NC(=O)C(=O)NCc2ccc(C(=O)c3ccco3)s2)cc1. The first kappa shape index (κ1) is 18.6. The Balaban J connectivity index is 1.52. The van der Waals surface area contributed by atoms with Crippen LogP contribution in [0.15, 0.2) is 59.2 Å². The van der Waals surface area contributed by atoms with Crippen molar-refractivity contribution in [2.45, 2.75) is 19.9 Å². The molecule has 7 heteroatoms. The van der Waals surface area contributed by atoms with E-state index in [-0.39, 0.29) is 18.1 Å². The third-order valence-electron chi connectivity index (χ3n) is 3.88. The molecule has 2 heterocycles. The van der Waals surface area contributed by atoms with Crippen molar-refractivity contribution in [3.63, 3.8) is 0 Å². The highest BCUT2D eigenvalue weighted by Crippen LogP contribution is 2.20. The third-order valence-corrected chi connectivity index (χ3v) is 4.96. The molecule has 138 valence electrons. The second-order valence-electron chi connectivity index (χ2n) is 5.76. The largest absolute Gasteiger partial charge is 0.461 e. The molecule has 0 radical (unpaired) electrons. The molecule has 3 rings (SSSR count). The van der Waals surface area contributed by atoms with Crippen LogP contribution in [0.4, 0.5) is 5.69 Å². The van der Waals surface area contributed by atoms with Crippen LogP contribution in [0.25, 0.3) is 0 Å². The molecule has 0 saturated carbocycles. The molecular formula is C20H18N2O4S. The van der Waals surface area contributed by atoms with Gasteiger partial charge in [-0.15, -0.1) is 11.3 Å². The molecule has 0 aliphatic rings. The average Bonchev–Trinajstić information content (AvgIpc) is 3.38. The van der Waals surface area contributed by atoms with E-state index >= 15 is 0 Å². The normalized spacial score (nSPS) is 10.4. The molecule has 1 aromatic carbocycles. The number of nitrogens with one attached hydrogen (secondary N) is 2. The van der Waals surface area contributed by atoms with Crippen molar-refractivity contribution in [3.8, 4) is 0 Å². The standard InChI is InChI=1S/C20H18N2O4S/c1-2-13-5-7-14(8-6-13)22-20(25)19(24)21-12-15-9-10-17(27-15)18(23)16-4-3-11-26-16/h3-11H,2,12H2,1H3,(H,21,24)(H,22,25). The lowest BCUT2D eigenvalue weighted by Gasteiger charge is -2.06. The van der Waals surface area contributed by atoms with E-state index in [9.17, 15) is 14.4 Å². The van der Waals surface area contributed by atoms with E-state index in [0.717, 1.165) is 16.9 Å². The molecule has 27 heavy (non-hydrogen) atoms. The summed E-state index contributed by atoms with van der Waals surface area (Å²) in [5.74, 6) is -1.42. The zero-order valence-corrected chi connectivity index (χ0v) is 15.5. The summed E-state index contributed by atoms with van der Waals surface area (Å²) in [5, 5.41) is 5.11. The van der Waals surface area contributed by atoms with Crippen LogP contribution in [0.2, 0.25) is 0 Å². The fourth-order valence-electron chi connectivity index (χ4n) is 2.38. The van der Waals surface area contributed by atoms with E-state index in [4.69, 9.17) is 4.42 Å². The van der Waals surface area contributed by atoms with Gasteiger partial charge >= 0.3 is 11.8 Å². The maximum atomic E-state index is 12.2. The van der Waals surface area contributed by atoms with Gasteiger partial charge in [-0.3, -0.25) is 14.4 Å². The molecule has 6 nitrogen and oxygen atoms in total. The van der Waals surface area contributed by atoms with Crippen molar-refractivity contribution in [3.05, 3.63) is 75.9 Å². The van der Waals surface area contributed by atoms with Gasteiger partial charge in [0.2, 0.25) is 5.78 Å². The van der Waals surface area contributed by atoms with Gasteiger partial charge in [0.15, 0.2) is 5.76 Å². The summed E-state index contributed by atoms with van der Waals surface area (Å²) >= 11 is 1.25. The molecule has 0 atom stereocenters. The van der Waals surface area contributed by atoms with Gasteiger partial charge < -0.3 is 15.1 Å². The Kier molecular flexibility index (Phi) is 5.83. The van der Waals surface area contributed by atoms with Gasteiger partial charge in [-0.05, 0) is 48.4 Å². The minimum Gasteiger partial charge on any atom is -0.461 e. The molecule has 0 bridgehead atoms. The summed E-state index contributed by atoms with van der Waals surface area (Å²) in [4.78, 5) is 37.4. The highest BCUT2D eigenvalue weighted by atomic mass is 32.1. The number of furan rings is 1. The Morgan fingerprint density at radius 2 is 1.78 bits per heavy atom. The van der Waals surface area contributed by atoms with Crippen molar-refractivity contribution in [1.82, 2.24) is 5.32 Å². The smallest absolute Gasteiger partial charge is 0.313 e. The first-order valence-electron chi connectivity index (χ1n) is 8.42. The minimum absolute atomic E-state index is 0.164. The third kappa shape index (κ3) is 4.71. The van der Waals surface area contributed by atoms with Crippen LogP contribution in [-0.2, 0) is 22.6 Å². The topological polar surface area (TPSA) is 88.4 Å². The Morgan fingerprint density at radius 1 is 1.00 bits per heavy atom. The van der Waals surface area contributed by atoms with Crippen molar-refractivity contribution in [1.29, 1.82) is 0 Å². The quantitative estimate of drug-likeness (QED) is 0.505. The second-order valence-corrected chi connectivity index (χ2v) is 6.93. The Hall–Kier alpha value is -3.19. The van der Waals surface area contributed by atoms with Crippen LogP contribution in [0.5, 0.6) is 0 Å². The number of hydrogen-bond acceptors (Lipinski definition) is 5. The summed E-state index contributed by atoms with van der Waals surface area (Å²) in [6.45, 7) is 2.20. The Labute approximate surface area is 160 Å². The Bertz CT molecular complexity index is 943. The van der Waals surface area contributed by atoms with Crippen LogP contribution in [0, 0.1) is 0 Å². The molecule has 2 aromatic heterocycles. The number of ketones is 1. The van der Waals surface area contributed by atoms with Crippen LogP contribution < -0.4 is 10.6 Å². The van der Waals surface area contributed by atoms with Crippen LogP contribution >= 0.6 is 11.3 Å². The van der Waals surface area contributed by atoms with E-state index in [1.54, 1.807) is 36.4 Å². The molecule has 0 aliphatic heterocycles. The monoisotopic (exact) mass is 382 g/mol. The van der Waals surface area contributed by atoms with Crippen LogP contribution in [-0.4, -0.2) is 17.6 Å². The van der Waals surface area contributed by atoms with Crippen molar-refractivity contribution in [2.75, 3.05) is 5.32 Å². The van der Waals surface area contributed by atoms with Gasteiger partial charge in [0.1, 0.15) is 0 Å². The minimum atomic E-state index is -0.734. The fraction of sp³-hybridized carbons (Fsp3) is 0.150. The van der Waals surface area contributed by atoms with Crippen molar-refractivity contribution in [2.24, 2.45) is 0 Å². The van der Waals surface area contributed by atoms with Gasteiger partial charge in [0, 0.05) is 10.6 Å². The van der Waals surface area contributed by atoms with Gasteiger partial charge in [0.25, 0.3) is 0 Å². The number of rotatable bonds is 6. The summed E-state index contributed by atoms with van der Waals surface area (Å²) < 4.78 is 5.09. The molecule has 0 spiro atoms. The molecule has 0 aliphatic carbocycles.